The lowest BCUT2D eigenvalue weighted by atomic mass is 10.1. The van der Waals surface area contributed by atoms with Crippen LogP contribution in [0.25, 0.3) is 0 Å². The van der Waals surface area contributed by atoms with Gasteiger partial charge in [-0.25, -0.2) is 4.98 Å². The molecule has 0 aliphatic heterocycles. The van der Waals surface area contributed by atoms with Crippen molar-refractivity contribution in [1.29, 1.82) is 0 Å². The summed E-state index contributed by atoms with van der Waals surface area (Å²) in [5.41, 5.74) is 2.58. The van der Waals surface area contributed by atoms with Gasteiger partial charge < -0.3 is 10.3 Å². The van der Waals surface area contributed by atoms with Crippen LogP contribution in [0.5, 0.6) is 0 Å². The quantitative estimate of drug-likeness (QED) is 0.639. The molecule has 0 fully saturated rings. The molecule has 6 heteroatoms. The first-order valence-corrected chi connectivity index (χ1v) is 6.12. The monoisotopic (exact) mass is 260 g/mol. The van der Waals surface area contributed by atoms with Crippen molar-refractivity contribution in [3.63, 3.8) is 0 Å². The van der Waals surface area contributed by atoms with E-state index in [1.165, 1.54) is 0 Å². The molecule has 0 bridgehead atoms. The summed E-state index contributed by atoms with van der Waals surface area (Å²) in [6, 6.07) is 5.22. The van der Waals surface area contributed by atoms with Gasteiger partial charge in [0, 0.05) is 17.3 Å². The van der Waals surface area contributed by atoms with Gasteiger partial charge in [-0.15, -0.1) is 0 Å². The highest BCUT2D eigenvalue weighted by molar-refractivity contribution is 5.55. The number of aromatic amines is 1. The number of imidazole rings is 1. The maximum Gasteiger partial charge on any atom is 0.274 e. The van der Waals surface area contributed by atoms with Crippen LogP contribution in [0.1, 0.15) is 24.0 Å². The van der Waals surface area contributed by atoms with E-state index in [1.54, 1.807) is 18.3 Å². The third-order valence-electron chi connectivity index (χ3n) is 2.90. The molecule has 1 aromatic carbocycles. The number of hydrogen-bond acceptors (Lipinski definition) is 4. The van der Waals surface area contributed by atoms with Crippen LogP contribution in [0, 0.1) is 17.0 Å². The first-order chi connectivity index (χ1) is 9.10. The van der Waals surface area contributed by atoms with Gasteiger partial charge in [-0.2, -0.15) is 0 Å². The summed E-state index contributed by atoms with van der Waals surface area (Å²) in [5.74, 6) is 0.851. The lowest BCUT2D eigenvalue weighted by molar-refractivity contribution is -0.385. The Balaban J connectivity index is 2.12. The van der Waals surface area contributed by atoms with E-state index >= 15 is 0 Å². The highest BCUT2D eigenvalue weighted by atomic mass is 16.6. The van der Waals surface area contributed by atoms with E-state index in [4.69, 9.17) is 0 Å². The number of nitrogens with one attached hydrogen (secondary N) is 2. The predicted octanol–water partition coefficient (Wildman–Crippen LogP) is 2.80. The number of aromatic nitrogens is 2. The maximum absolute atomic E-state index is 11.0. The van der Waals surface area contributed by atoms with Crippen LogP contribution in [0.2, 0.25) is 0 Å². The molecule has 0 saturated carbocycles. The molecular formula is C13H16N4O2. The molecule has 100 valence electrons. The molecule has 19 heavy (non-hydrogen) atoms. The Labute approximate surface area is 111 Å². The first kappa shape index (κ1) is 13.1. The van der Waals surface area contributed by atoms with Gasteiger partial charge in [0.25, 0.3) is 5.69 Å². The van der Waals surface area contributed by atoms with Crippen LogP contribution in [-0.4, -0.2) is 14.9 Å². The molecule has 6 nitrogen and oxygen atoms in total. The molecule has 1 aromatic heterocycles. The minimum atomic E-state index is -0.343. The number of hydrogen-bond donors (Lipinski definition) is 2. The van der Waals surface area contributed by atoms with Crippen LogP contribution < -0.4 is 5.32 Å². The van der Waals surface area contributed by atoms with Crippen molar-refractivity contribution < 1.29 is 4.92 Å². The van der Waals surface area contributed by atoms with Gasteiger partial charge in [0.15, 0.2) is 0 Å². The number of anilines is 1. The fourth-order valence-electron chi connectivity index (χ4n) is 1.90. The summed E-state index contributed by atoms with van der Waals surface area (Å²) in [7, 11) is 0. The van der Waals surface area contributed by atoms with E-state index in [9.17, 15) is 10.1 Å². The van der Waals surface area contributed by atoms with Gasteiger partial charge in [0.2, 0.25) is 0 Å². The molecule has 0 atom stereocenters. The smallest absolute Gasteiger partial charge is 0.274 e. The highest BCUT2D eigenvalue weighted by Gasteiger charge is 2.12. The minimum absolute atomic E-state index is 0.160. The van der Waals surface area contributed by atoms with Crippen LogP contribution in [0.3, 0.4) is 0 Å². The number of aryl methyl sites for hydroxylation is 2. The fourth-order valence-corrected chi connectivity index (χ4v) is 1.90. The second-order valence-corrected chi connectivity index (χ2v) is 4.30. The summed E-state index contributed by atoms with van der Waals surface area (Å²) in [6.45, 7) is 4.34. The summed E-state index contributed by atoms with van der Waals surface area (Å²) in [6.07, 6.45) is 2.40. The van der Waals surface area contributed by atoms with Gasteiger partial charge in [-0.05, 0) is 19.4 Å². The maximum atomic E-state index is 11.0. The number of rotatable bonds is 5. The van der Waals surface area contributed by atoms with Gasteiger partial charge >= 0.3 is 0 Å². The third kappa shape index (κ3) is 3.09. The minimum Gasteiger partial charge on any atom is -0.379 e. The van der Waals surface area contributed by atoms with E-state index < -0.39 is 0 Å². The van der Waals surface area contributed by atoms with Crippen molar-refractivity contribution in [2.75, 3.05) is 5.32 Å². The standard InChI is InChI=1S/C13H16N4O2/c1-3-10-4-5-11(6-13(10)17(18)19)15-8-12-7-14-9(2)16-12/h4-7,15H,3,8H2,1-2H3,(H,14,16). The van der Waals surface area contributed by atoms with E-state index in [0.29, 0.717) is 13.0 Å². The van der Waals surface area contributed by atoms with Gasteiger partial charge in [0.1, 0.15) is 5.82 Å². The van der Waals surface area contributed by atoms with Crippen LogP contribution in [-0.2, 0) is 13.0 Å². The van der Waals surface area contributed by atoms with E-state index in [0.717, 1.165) is 22.8 Å². The molecule has 2 N–H and O–H groups in total. The van der Waals surface area contributed by atoms with Crippen molar-refractivity contribution in [1.82, 2.24) is 9.97 Å². The Hall–Kier alpha value is -2.37. The number of nitro benzene ring substituents is 1. The Morgan fingerprint density at radius 1 is 1.47 bits per heavy atom. The zero-order valence-corrected chi connectivity index (χ0v) is 10.9. The molecule has 0 amide bonds. The average Bonchev–Trinajstić information content (AvgIpc) is 2.81. The van der Waals surface area contributed by atoms with E-state index in [-0.39, 0.29) is 10.6 Å². The lowest BCUT2D eigenvalue weighted by Crippen LogP contribution is -2.02. The zero-order valence-electron chi connectivity index (χ0n) is 10.9. The zero-order chi connectivity index (χ0) is 13.8. The topological polar surface area (TPSA) is 83.8 Å². The number of nitro groups is 1. The summed E-state index contributed by atoms with van der Waals surface area (Å²) < 4.78 is 0. The summed E-state index contributed by atoms with van der Waals surface area (Å²) in [4.78, 5) is 17.8. The fraction of sp³-hybridized carbons (Fsp3) is 0.308. The Morgan fingerprint density at radius 2 is 2.26 bits per heavy atom. The molecule has 1 heterocycles. The number of benzene rings is 1. The Morgan fingerprint density at radius 3 is 2.84 bits per heavy atom. The normalized spacial score (nSPS) is 10.4. The molecule has 0 radical (unpaired) electrons. The van der Waals surface area contributed by atoms with Gasteiger partial charge in [0.05, 0.1) is 23.4 Å². The molecule has 2 rings (SSSR count). The SMILES string of the molecule is CCc1ccc(NCc2cnc(C)[nH]2)cc1[N+](=O)[O-]. The molecule has 0 saturated heterocycles. The van der Waals surface area contributed by atoms with Crippen LogP contribution in [0.15, 0.2) is 24.4 Å². The van der Waals surface area contributed by atoms with Crippen LogP contribution >= 0.6 is 0 Å². The van der Waals surface area contributed by atoms with Gasteiger partial charge in [-0.1, -0.05) is 13.0 Å². The van der Waals surface area contributed by atoms with E-state index in [1.807, 2.05) is 19.9 Å². The average molecular weight is 260 g/mol. The Kier molecular flexibility index (Phi) is 3.79. The molecule has 0 spiro atoms. The first-order valence-electron chi connectivity index (χ1n) is 6.12. The summed E-state index contributed by atoms with van der Waals surface area (Å²) >= 11 is 0. The number of nitrogens with zero attached hydrogens (tertiary/aromatic N) is 2. The number of H-pyrrole nitrogens is 1. The van der Waals surface area contributed by atoms with Crippen molar-refractivity contribution >= 4 is 11.4 Å². The molecule has 0 aliphatic rings. The second-order valence-electron chi connectivity index (χ2n) is 4.30. The predicted molar refractivity (Wildman–Crippen MR) is 73.1 cm³/mol. The molecule has 2 aromatic rings. The van der Waals surface area contributed by atoms with E-state index in [2.05, 4.69) is 15.3 Å². The highest BCUT2D eigenvalue weighted by Crippen LogP contribution is 2.23. The Bertz CT molecular complexity index is 592. The lowest BCUT2D eigenvalue weighted by Gasteiger charge is -2.06. The van der Waals surface area contributed by atoms with Crippen molar-refractivity contribution in [2.45, 2.75) is 26.8 Å². The van der Waals surface area contributed by atoms with Crippen molar-refractivity contribution in [3.05, 3.63) is 51.6 Å². The molecule has 0 unspecified atom stereocenters. The summed E-state index contributed by atoms with van der Waals surface area (Å²) in [5, 5.41) is 14.1. The van der Waals surface area contributed by atoms with Crippen LogP contribution in [0.4, 0.5) is 11.4 Å². The van der Waals surface area contributed by atoms with Crippen molar-refractivity contribution in [3.8, 4) is 0 Å². The molecule has 0 aliphatic carbocycles. The van der Waals surface area contributed by atoms with Gasteiger partial charge in [-0.3, -0.25) is 10.1 Å². The third-order valence-corrected chi connectivity index (χ3v) is 2.90. The largest absolute Gasteiger partial charge is 0.379 e. The molecular weight excluding hydrogens is 244 g/mol. The van der Waals surface area contributed by atoms with Crippen molar-refractivity contribution in [2.24, 2.45) is 0 Å². The second kappa shape index (κ2) is 5.51.